The van der Waals surface area contributed by atoms with Crippen LogP contribution in [-0.4, -0.2) is 42.4 Å². The zero-order chi connectivity index (χ0) is 11.6. The van der Waals surface area contributed by atoms with Crippen molar-refractivity contribution < 1.29 is 14.6 Å². The number of hydrogen-bond acceptors (Lipinski definition) is 4. The highest BCUT2D eigenvalue weighted by Gasteiger charge is 2.40. The van der Waals surface area contributed by atoms with E-state index in [0.717, 1.165) is 19.3 Å². The molecular weight excluding hydrogens is 208 g/mol. The molecule has 16 heavy (non-hydrogen) atoms. The van der Waals surface area contributed by atoms with Crippen LogP contribution in [0.5, 0.6) is 0 Å². The predicted octanol–water partition coefficient (Wildman–Crippen LogP) is -0.619. The Morgan fingerprint density at radius 2 is 2.38 bits per heavy atom. The average Bonchev–Trinajstić information content (AvgIpc) is 2.87. The number of nitrogens with two attached hydrogens (primary N) is 1. The average molecular weight is 228 g/mol. The number of carbonyl (C=O) groups excluding carboxylic acids is 1. The first-order chi connectivity index (χ1) is 7.65. The van der Waals surface area contributed by atoms with E-state index in [-0.39, 0.29) is 24.5 Å². The van der Waals surface area contributed by atoms with Gasteiger partial charge in [0.05, 0.1) is 6.61 Å². The number of nitrogens with one attached hydrogen (secondary N) is 1. The molecule has 0 bridgehead atoms. The van der Waals surface area contributed by atoms with Gasteiger partial charge in [-0.3, -0.25) is 4.79 Å². The maximum Gasteiger partial charge on any atom is 0.242 e. The number of aliphatic hydroxyl groups is 1. The fourth-order valence-corrected chi connectivity index (χ4v) is 2.52. The first-order valence-electron chi connectivity index (χ1n) is 5.94. The first-order valence-corrected chi connectivity index (χ1v) is 5.94. The highest BCUT2D eigenvalue weighted by molar-refractivity contribution is 5.86. The normalized spacial score (nSPS) is 38.9. The molecule has 1 saturated carbocycles. The van der Waals surface area contributed by atoms with Crippen molar-refractivity contribution in [1.82, 2.24) is 5.32 Å². The molecular formula is C11H20N2O3. The minimum atomic E-state index is -0.859. The molecule has 3 unspecified atom stereocenters. The third-order valence-electron chi connectivity index (χ3n) is 3.71. The first kappa shape index (κ1) is 11.8. The third-order valence-corrected chi connectivity index (χ3v) is 3.71. The van der Waals surface area contributed by atoms with Gasteiger partial charge >= 0.3 is 0 Å². The molecule has 0 aromatic carbocycles. The SMILES string of the molecule is NC1(C(=O)NC2CCCC2CO)CCOC1. The second kappa shape index (κ2) is 4.69. The standard InChI is InChI=1S/C11H20N2O3/c12-11(4-5-16-7-11)10(15)13-9-3-1-2-8(9)6-14/h8-9,14H,1-7,12H2,(H,13,15). The van der Waals surface area contributed by atoms with E-state index in [4.69, 9.17) is 10.5 Å². The van der Waals surface area contributed by atoms with Crippen molar-refractivity contribution in [2.24, 2.45) is 11.7 Å². The lowest BCUT2D eigenvalue weighted by Crippen LogP contribution is -2.57. The molecule has 2 fully saturated rings. The topological polar surface area (TPSA) is 84.6 Å². The second-order valence-electron chi connectivity index (χ2n) is 4.91. The highest BCUT2D eigenvalue weighted by atomic mass is 16.5. The van der Waals surface area contributed by atoms with Crippen LogP contribution in [0.15, 0.2) is 0 Å². The Hall–Kier alpha value is -0.650. The van der Waals surface area contributed by atoms with Gasteiger partial charge in [-0.1, -0.05) is 6.42 Å². The molecule has 3 atom stereocenters. The second-order valence-corrected chi connectivity index (χ2v) is 4.91. The van der Waals surface area contributed by atoms with Gasteiger partial charge in [-0.05, 0) is 19.3 Å². The molecule has 4 N–H and O–H groups in total. The van der Waals surface area contributed by atoms with Gasteiger partial charge in [-0.15, -0.1) is 0 Å². The van der Waals surface area contributed by atoms with Gasteiger partial charge in [0.15, 0.2) is 0 Å². The molecule has 2 aliphatic rings. The van der Waals surface area contributed by atoms with Crippen LogP contribution < -0.4 is 11.1 Å². The predicted molar refractivity (Wildman–Crippen MR) is 58.7 cm³/mol. The van der Waals surface area contributed by atoms with Crippen LogP contribution in [0.3, 0.4) is 0 Å². The maximum absolute atomic E-state index is 12.0. The van der Waals surface area contributed by atoms with Gasteiger partial charge in [0.1, 0.15) is 5.54 Å². The lowest BCUT2D eigenvalue weighted by molar-refractivity contribution is -0.127. The van der Waals surface area contributed by atoms with Gasteiger partial charge in [0.25, 0.3) is 0 Å². The molecule has 5 nitrogen and oxygen atoms in total. The van der Waals surface area contributed by atoms with E-state index >= 15 is 0 Å². The number of hydrogen-bond donors (Lipinski definition) is 3. The largest absolute Gasteiger partial charge is 0.396 e. The van der Waals surface area contributed by atoms with Gasteiger partial charge in [-0.2, -0.15) is 0 Å². The fourth-order valence-electron chi connectivity index (χ4n) is 2.52. The van der Waals surface area contributed by atoms with Crippen molar-refractivity contribution in [3.8, 4) is 0 Å². The zero-order valence-electron chi connectivity index (χ0n) is 9.45. The Labute approximate surface area is 95.3 Å². The van der Waals surface area contributed by atoms with Crippen LogP contribution in [0.1, 0.15) is 25.7 Å². The fraction of sp³-hybridized carbons (Fsp3) is 0.909. The summed E-state index contributed by atoms with van der Waals surface area (Å²) in [5, 5.41) is 12.1. The monoisotopic (exact) mass is 228 g/mol. The molecule has 0 spiro atoms. The number of rotatable bonds is 3. The van der Waals surface area contributed by atoms with Crippen LogP contribution in [0, 0.1) is 5.92 Å². The van der Waals surface area contributed by atoms with Crippen molar-refractivity contribution in [3.63, 3.8) is 0 Å². The number of aliphatic hydroxyl groups excluding tert-OH is 1. The summed E-state index contributed by atoms with van der Waals surface area (Å²) in [5.74, 6) is 0.0604. The van der Waals surface area contributed by atoms with Crippen molar-refractivity contribution in [2.75, 3.05) is 19.8 Å². The summed E-state index contributed by atoms with van der Waals surface area (Å²) >= 11 is 0. The van der Waals surface area contributed by atoms with Crippen LogP contribution >= 0.6 is 0 Å². The van der Waals surface area contributed by atoms with E-state index in [9.17, 15) is 9.90 Å². The van der Waals surface area contributed by atoms with Gasteiger partial charge in [0.2, 0.25) is 5.91 Å². The Morgan fingerprint density at radius 3 is 3.00 bits per heavy atom. The Kier molecular flexibility index (Phi) is 3.47. The summed E-state index contributed by atoms with van der Waals surface area (Å²) in [4.78, 5) is 12.0. The van der Waals surface area contributed by atoms with Gasteiger partial charge in [-0.25, -0.2) is 0 Å². The van der Waals surface area contributed by atoms with E-state index in [1.807, 2.05) is 0 Å². The van der Waals surface area contributed by atoms with Crippen molar-refractivity contribution in [1.29, 1.82) is 0 Å². The molecule has 92 valence electrons. The van der Waals surface area contributed by atoms with E-state index in [0.29, 0.717) is 19.6 Å². The van der Waals surface area contributed by atoms with Crippen molar-refractivity contribution in [2.45, 2.75) is 37.3 Å². The van der Waals surface area contributed by atoms with Crippen molar-refractivity contribution >= 4 is 5.91 Å². The summed E-state index contributed by atoms with van der Waals surface area (Å²) in [7, 11) is 0. The Balaban J connectivity index is 1.91. The molecule has 1 amide bonds. The minimum absolute atomic E-state index is 0.0820. The summed E-state index contributed by atoms with van der Waals surface area (Å²) < 4.78 is 5.16. The lowest BCUT2D eigenvalue weighted by Gasteiger charge is -2.26. The zero-order valence-corrected chi connectivity index (χ0v) is 9.45. The van der Waals surface area contributed by atoms with Crippen LogP contribution in [0.25, 0.3) is 0 Å². The molecule has 1 aliphatic heterocycles. The van der Waals surface area contributed by atoms with Gasteiger partial charge in [0, 0.05) is 25.2 Å². The number of carbonyl (C=O) groups is 1. The molecule has 1 heterocycles. The molecule has 0 aromatic rings. The molecule has 1 aliphatic carbocycles. The van der Waals surface area contributed by atoms with Crippen LogP contribution in [0.4, 0.5) is 0 Å². The number of ether oxygens (including phenoxy) is 1. The highest BCUT2D eigenvalue weighted by Crippen LogP contribution is 2.26. The smallest absolute Gasteiger partial charge is 0.242 e. The summed E-state index contributed by atoms with van der Waals surface area (Å²) in [6.45, 7) is 0.992. The van der Waals surface area contributed by atoms with E-state index in [1.165, 1.54) is 0 Å². The summed E-state index contributed by atoms with van der Waals surface area (Å²) in [6, 6.07) is 0.0820. The summed E-state index contributed by atoms with van der Waals surface area (Å²) in [6.07, 6.45) is 3.56. The molecule has 2 rings (SSSR count). The molecule has 0 aromatic heterocycles. The van der Waals surface area contributed by atoms with Crippen LogP contribution in [0.2, 0.25) is 0 Å². The van der Waals surface area contributed by atoms with E-state index < -0.39 is 5.54 Å². The quantitative estimate of drug-likeness (QED) is 0.601. The third kappa shape index (κ3) is 2.21. The molecule has 5 heteroatoms. The molecule has 0 radical (unpaired) electrons. The van der Waals surface area contributed by atoms with Crippen molar-refractivity contribution in [3.05, 3.63) is 0 Å². The number of amides is 1. The Bertz CT molecular complexity index is 264. The van der Waals surface area contributed by atoms with E-state index in [2.05, 4.69) is 5.32 Å². The van der Waals surface area contributed by atoms with Gasteiger partial charge < -0.3 is 20.9 Å². The Morgan fingerprint density at radius 1 is 1.56 bits per heavy atom. The minimum Gasteiger partial charge on any atom is -0.396 e. The molecule has 1 saturated heterocycles. The maximum atomic E-state index is 12.0. The summed E-state index contributed by atoms with van der Waals surface area (Å²) in [5.41, 5.74) is 5.11. The van der Waals surface area contributed by atoms with E-state index in [1.54, 1.807) is 0 Å². The van der Waals surface area contributed by atoms with Crippen LogP contribution in [-0.2, 0) is 9.53 Å². The lowest BCUT2D eigenvalue weighted by atomic mass is 9.97.